The van der Waals surface area contributed by atoms with E-state index in [1.165, 1.54) is 55.7 Å². The van der Waals surface area contributed by atoms with Gasteiger partial charge >= 0.3 is 0 Å². The number of pyridine rings is 1. The van der Waals surface area contributed by atoms with Gasteiger partial charge in [-0.1, -0.05) is 6.07 Å². The van der Waals surface area contributed by atoms with E-state index in [1.54, 1.807) is 0 Å². The van der Waals surface area contributed by atoms with Crippen molar-refractivity contribution in [3.8, 4) is 0 Å². The largest absolute Gasteiger partial charge is 0.366 e. The molecule has 2 aromatic heterocycles. The third-order valence-electron chi connectivity index (χ3n) is 6.26. The molecule has 0 amide bonds. The van der Waals surface area contributed by atoms with Crippen molar-refractivity contribution in [3.63, 3.8) is 0 Å². The Balaban J connectivity index is 1.37. The van der Waals surface area contributed by atoms with Crippen molar-refractivity contribution in [2.45, 2.75) is 52.0 Å². The fraction of sp³-hybridized carbons (Fsp3) is 0.682. The van der Waals surface area contributed by atoms with Crippen molar-refractivity contribution in [1.82, 2.24) is 19.4 Å². The van der Waals surface area contributed by atoms with Crippen LogP contribution in [-0.4, -0.2) is 70.8 Å². The highest BCUT2D eigenvalue weighted by molar-refractivity contribution is 5.72. The molecule has 2 aliphatic rings. The predicted molar refractivity (Wildman–Crippen MR) is 113 cm³/mol. The first-order valence-electron chi connectivity index (χ1n) is 10.7. The van der Waals surface area contributed by atoms with Crippen LogP contribution in [0.15, 0.2) is 24.5 Å². The molecule has 0 atom stereocenters. The Morgan fingerprint density at radius 3 is 2.41 bits per heavy atom. The van der Waals surface area contributed by atoms with Crippen molar-refractivity contribution in [2.24, 2.45) is 0 Å². The lowest BCUT2D eigenvalue weighted by atomic mass is 10.0. The van der Waals surface area contributed by atoms with Gasteiger partial charge in [0.25, 0.3) is 0 Å². The third-order valence-corrected chi connectivity index (χ3v) is 6.26. The van der Waals surface area contributed by atoms with Gasteiger partial charge in [-0.05, 0) is 77.7 Å². The Labute approximate surface area is 163 Å². The highest BCUT2D eigenvalue weighted by Crippen LogP contribution is 2.25. The van der Waals surface area contributed by atoms with E-state index in [1.807, 2.05) is 0 Å². The molecule has 5 nitrogen and oxygen atoms in total. The van der Waals surface area contributed by atoms with Gasteiger partial charge in [-0.15, -0.1) is 0 Å². The van der Waals surface area contributed by atoms with Gasteiger partial charge in [-0.25, -0.2) is 4.52 Å². The van der Waals surface area contributed by atoms with E-state index in [0.29, 0.717) is 0 Å². The molecule has 2 saturated heterocycles. The first-order valence-corrected chi connectivity index (χ1v) is 10.7. The van der Waals surface area contributed by atoms with Crippen LogP contribution < -0.4 is 4.90 Å². The molecule has 0 saturated carbocycles. The average Bonchev–Trinajstić information content (AvgIpc) is 3.30. The maximum absolute atomic E-state index is 4.66. The number of likely N-dealkylation sites (tertiary alicyclic amines) is 1. The second-order valence-electron chi connectivity index (χ2n) is 9.19. The van der Waals surface area contributed by atoms with Crippen LogP contribution in [0.5, 0.6) is 0 Å². The van der Waals surface area contributed by atoms with Crippen LogP contribution in [0.4, 0.5) is 5.69 Å². The van der Waals surface area contributed by atoms with Gasteiger partial charge in [0.15, 0.2) is 0 Å². The van der Waals surface area contributed by atoms with Crippen LogP contribution >= 0.6 is 0 Å². The zero-order valence-corrected chi connectivity index (χ0v) is 17.3. The molecule has 4 rings (SSSR count). The van der Waals surface area contributed by atoms with E-state index in [0.717, 1.165) is 32.6 Å². The quantitative estimate of drug-likeness (QED) is 0.808. The minimum absolute atomic E-state index is 0.261. The zero-order chi connectivity index (χ0) is 18.9. The maximum atomic E-state index is 4.66. The molecule has 2 aromatic rings. The summed E-state index contributed by atoms with van der Waals surface area (Å²) in [5, 5.41) is 4.66. The summed E-state index contributed by atoms with van der Waals surface area (Å²) >= 11 is 0. The molecular formula is C22H35N5. The molecule has 0 N–H and O–H groups in total. The fourth-order valence-corrected chi connectivity index (χ4v) is 4.54. The molecule has 0 unspecified atom stereocenters. The Morgan fingerprint density at radius 2 is 1.70 bits per heavy atom. The molecule has 2 fully saturated rings. The Morgan fingerprint density at radius 1 is 0.963 bits per heavy atom. The van der Waals surface area contributed by atoms with Gasteiger partial charge < -0.3 is 9.80 Å². The highest BCUT2D eigenvalue weighted by Gasteiger charge is 2.26. The van der Waals surface area contributed by atoms with Gasteiger partial charge in [-0.3, -0.25) is 4.90 Å². The molecule has 0 radical (unpaired) electrons. The molecule has 0 bridgehead atoms. The number of piperazine rings is 1. The van der Waals surface area contributed by atoms with Crippen molar-refractivity contribution in [1.29, 1.82) is 0 Å². The number of fused-ring (bicyclic) bond motifs is 1. The van der Waals surface area contributed by atoms with E-state index < -0.39 is 0 Å². The smallest absolute Gasteiger partial charge is 0.0895 e. The van der Waals surface area contributed by atoms with Crippen molar-refractivity contribution < 1.29 is 0 Å². The molecule has 148 valence electrons. The lowest BCUT2D eigenvalue weighted by Gasteiger charge is -2.42. The van der Waals surface area contributed by atoms with Crippen LogP contribution in [0, 0.1) is 0 Å². The van der Waals surface area contributed by atoms with Gasteiger partial charge in [0.2, 0.25) is 0 Å². The van der Waals surface area contributed by atoms with Crippen LogP contribution in [0.2, 0.25) is 0 Å². The van der Waals surface area contributed by atoms with Crippen molar-refractivity contribution in [3.05, 3.63) is 30.1 Å². The SMILES string of the molecule is CC(C)(C)N1CCN(c2cnn3cc(CCCN4CCCC4)ccc23)CC1. The number of aryl methyl sites for hydroxylation is 1. The van der Waals surface area contributed by atoms with Gasteiger partial charge in [0, 0.05) is 37.9 Å². The summed E-state index contributed by atoms with van der Waals surface area (Å²) in [6, 6.07) is 4.57. The lowest BCUT2D eigenvalue weighted by molar-refractivity contribution is 0.128. The summed E-state index contributed by atoms with van der Waals surface area (Å²) in [7, 11) is 0. The van der Waals surface area contributed by atoms with Crippen LogP contribution in [-0.2, 0) is 6.42 Å². The van der Waals surface area contributed by atoms with E-state index in [-0.39, 0.29) is 5.54 Å². The van der Waals surface area contributed by atoms with Crippen LogP contribution in [0.25, 0.3) is 5.52 Å². The molecular weight excluding hydrogens is 334 g/mol. The third kappa shape index (κ3) is 4.30. The predicted octanol–water partition coefficient (Wildman–Crippen LogP) is 3.28. The molecule has 0 aliphatic carbocycles. The molecule has 2 aliphatic heterocycles. The minimum Gasteiger partial charge on any atom is -0.366 e. The minimum atomic E-state index is 0.261. The van der Waals surface area contributed by atoms with E-state index in [9.17, 15) is 0 Å². The maximum Gasteiger partial charge on any atom is 0.0895 e. The molecule has 27 heavy (non-hydrogen) atoms. The Kier molecular flexibility index (Phi) is 5.42. The summed E-state index contributed by atoms with van der Waals surface area (Å²) in [5.41, 5.74) is 4.18. The fourth-order valence-electron chi connectivity index (χ4n) is 4.54. The first kappa shape index (κ1) is 18.8. The Bertz CT molecular complexity index is 746. The second kappa shape index (κ2) is 7.80. The molecule has 0 aromatic carbocycles. The number of rotatable bonds is 5. The second-order valence-corrected chi connectivity index (χ2v) is 9.19. The number of anilines is 1. The first-order chi connectivity index (χ1) is 13.0. The summed E-state index contributed by atoms with van der Waals surface area (Å²) in [4.78, 5) is 7.67. The number of hydrogen-bond acceptors (Lipinski definition) is 4. The zero-order valence-electron chi connectivity index (χ0n) is 17.3. The van der Waals surface area contributed by atoms with Crippen molar-refractivity contribution in [2.75, 3.05) is 50.7 Å². The summed E-state index contributed by atoms with van der Waals surface area (Å²) in [6.45, 7) is 15.2. The number of nitrogens with zero attached hydrogens (tertiary/aromatic N) is 5. The van der Waals surface area contributed by atoms with E-state index >= 15 is 0 Å². The van der Waals surface area contributed by atoms with Crippen LogP contribution in [0.1, 0.15) is 45.6 Å². The highest BCUT2D eigenvalue weighted by atomic mass is 15.3. The molecule has 4 heterocycles. The van der Waals surface area contributed by atoms with Gasteiger partial charge in [-0.2, -0.15) is 5.10 Å². The summed E-state index contributed by atoms with van der Waals surface area (Å²) in [5.74, 6) is 0. The number of hydrogen-bond donors (Lipinski definition) is 0. The van der Waals surface area contributed by atoms with Crippen LogP contribution in [0.3, 0.4) is 0 Å². The lowest BCUT2D eigenvalue weighted by Crippen LogP contribution is -2.53. The monoisotopic (exact) mass is 369 g/mol. The van der Waals surface area contributed by atoms with E-state index in [2.05, 4.69) is 69.6 Å². The van der Waals surface area contributed by atoms with E-state index in [4.69, 9.17) is 0 Å². The molecule has 0 spiro atoms. The molecule has 5 heteroatoms. The summed E-state index contributed by atoms with van der Waals surface area (Å²) in [6.07, 6.45) is 9.43. The number of aromatic nitrogens is 2. The topological polar surface area (TPSA) is 27.0 Å². The average molecular weight is 370 g/mol. The standard InChI is InChI=1S/C22H35N5/c1-22(2,3)26-15-13-25(14-16-26)21-17-23-27-18-19(8-9-20(21)27)7-6-12-24-10-4-5-11-24/h8-9,17-18H,4-7,10-16H2,1-3H3. The normalized spacial score (nSPS) is 20.0. The van der Waals surface area contributed by atoms with Gasteiger partial charge in [0.05, 0.1) is 17.4 Å². The van der Waals surface area contributed by atoms with Crippen molar-refractivity contribution >= 4 is 11.2 Å². The Hall–Kier alpha value is -1.59. The van der Waals surface area contributed by atoms with Gasteiger partial charge in [0.1, 0.15) is 0 Å². The summed E-state index contributed by atoms with van der Waals surface area (Å²) < 4.78 is 2.08.